The third-order valence-corrected chi connectivity index (χ3v) is 3.26. The highest BCUT2D eigenvalue weighted by Gasteiger charge is 2.32. The molecule has 0 aliphatic heterocycles. The minimum atomic E-state index is -4.78. The van der Waals surface area contributed by atoms with E-state index >= 15 is 0 Å². The summed E-state index contributed by atoms with van der Waals surface area (Å²) in [5.74, 6) is -0.376. The van der Waals surface area contributed by atoms with Gasteiger partial charge in [0.25, 0.3) is 0 Å². The topological polar surface area (TPSA) is 62.9 Å². The average molecular weight is 352 g/mol. The van der Waals surface area contributed by atoms with Gasteiger partial charge in [-0.1, -0.05) is 24.3 Å². The van der Waals surface area contributed by atoms with Gasteiger partial charge in [-0.3, -0.25) is 0 Å². The molecule has 2 aromatic rings. The van der Waals surface area contributed by atoms with E-state index < -0.39 is 6.36 Å². The average Bonchev–Trinajstić information content (AvgIpc) is 2.54. The Labute approximate surface area is 143 Å². The number of para-hydroxylation sites is 2. The zero-order chi connectivity index (χ0) is 18.4. The van der Waals surface area contributed by atoms with Crippen LogP contribution >= 0.6 is 0 Å². The van der Waals surface area contributed by atoms with Gasteiger partial charge in [0.05, 0.1) is 12.2 Å². The molecule has 0 heterocycles. The molecule has 0 spiro atoms. The zero-order valence-electron chi connectivity index (χ0n) is 13.8. The van der Waals surface area contributed by atoms with Gasteiger partial charge in [-0.2, -0.15) is 0 Å². The van der Waals surface area contributed by atoms with Crippen molar-refractivity contribution >= 4 is 17.3 Å². The first-order valence-electron chi connectivity index (χ1n) is 7.42. The largest absolute Gasteiger partial charge is 0.573 e. The molecular formula is C17H19F3N4O. The number of halogens is 3. The van der Waals surface area contributed by atoms with E-state index in [0.29, 0.717) is 6.54 Å². The van der Waals surface area contributed by atoms with E-state index in [1.807, 2.05) is 43.3 Å². The number of benzene rings is 2. The van der Waals surface area contributed by atoms with Crippen LogP contribution < -0.4 is 20.7 Å². The smallest absolute Gasteiger partial charge is 0.404 e. The Kier molecular flexibility index (Phi) is 5.74. The number of rotatable bonds is 5. The maximum atomic E-state index is 12.4. The first-order valence-corrected chi connectivity index (χ1v) is 7.42. The molecule has 2 aromatic carbocycles. The standard InChI is InChI=1S/C17H19F3N4O/c1-24(2)13-9-7-12(8-10-13)11-22-16(21)23-14-5-3-4-6-15(14)25-17(18,19)20/h3-10H,11H2,1-2H3,(H3,21,22,23). The number of hydrogen-bond donors (Lipinski definition) is 2. The molecule has 0 saturated heterocycles. The van der Waals surface area contributed by atoms with E-state index in [1.54, 1.807) is 6.07 Å². The van der Waals surface area contributed by atoms with Gasteiger partial charge < -0.3 is 20.7 Å². The molecule has 2 rings (SSSR count). The molecule has 0 aromatic heterocycles. The first kappa shape index (κ1) is 18.4. The van der Waals surface area contributed by atoms with Crippen molar-refractivity contribution < 1.29 is 17.9 Å². The van der Waals surface area contributed by atoms with E-state index in [9.17, 15) is 13.2 Å². The van der Waals surface area contributed by atoms with Crippen LogP contribution in [-0.4, -0.2) is 26.4 Å². The van der Waals surface area contributed by atoms with Crippen molar-refractivity contribution in [2.45, 2.75) is 12.9 Å². The van der Waals surface area contributed by atoms with Crippen molar-refractivity contribution in [2.75, 3.05) is 24.3 Å². The van der Waals surface area contributed by atoms with Gasteiger partial charge in [0.2, 0.25) is 0 Å². The van der Waals surface area contributed by atoms with Gasteiger partial charge in [-0.05, 0) is 29.8 Å². The number of anilines is 2. The molecule has 0 radical (unpaired) electrons. The number of nitrogens with zero attached hydrogens (tertiary/aromatic N) is 2. The van der Waals surface area contributed by atoms with Crippen LogP contribution in [0.15, 0.2) is 53.5 Å². The molecule has 0 aliphatic rings. The van der Waals surface area contributed by atoms with Crippen molar-refractivity contribution in [1.29, 1.82) is 0 Å². The second-order valence-electron chi connectivity index (χ2n) is 5.43. The lowest BCUT2D eigenvalue weighted by Crippen LogP contribution is -2.24. The highest BCUT2D eigenvalue weighted by molar-refractivity contribution is 5.93. The summed E-state index contributed by atoms with van der Waals surface area (Å²) in [7, 11) is 3.88. The van der Waals surface area contributed by atoms with Crippen LogP contribution in [0.25, 0.3) is 0 Å². The van der Waals surface area contributed by atoms with Crippen molar-refractivity contribution in [2.24, 2.45) is 10.7 Å². The molecule has 0 unspecified atom stereocenters. The number of guanidine groups is 1. The predicted octanol–water partition coefficient (Wildman–Crippen LogP) is 3.58. The van der Waals surface area contributed by atoms with Gasteiger partial charge in [0.1, 0.15) is 0 Å². The number of alkyl halides is 3. The molecular weight excluding hydrogens is 333 g/mol. The Morgan fingerprint density at radius 1 is 1.12 bits per heavy atom. The molecule has 0 atom stereocenters. The lowest BCUT2D eigenvalue weighted by molar-refractivity contribution is -0.274. The van der Waals surface area contributed by atoms with E-state index in [0.717, 1.165) is 11.3 Å². The third-order valence-electron chi connectivity index (χ3n) is 3.26. The second-order valence-corrected chi connectivity index (χ2v) is 5.43. The van der Waals surface area contributed by atoms with Gasteiger partial charge in [0, 0.05) is 19.8 Å². The van der Waals surface area contributed by atoms with E-state index in [4.69, 9.17) is 5.73 Å². The number of aliphatic imine (C=N–C) groups is 1. The molecule has 3 N–H and O–H groups in total. The van der Waals surface area contributed by atoms with Crippen LogP contribution in [0.4, 0.5) is 24.5 Å². The number of nitrogens with two attached hydrogens (primary N) is 1. The monoisotopic (exact) mass is 352 g/mol. The lowest BCUT2D eigenvalue weighted by atomic mass is 10.2. The van der Waals surface area contributed by atoms with Crippen LogP contribution in [0.5, 0.6) is 5.75 Å². The predicted molar refractivity (Wildman–Crippen MR) is 92.8 cm³/mol. The summed E-state index contributed by atoms with van der Waals surface area (Å²) in [6.07, 6.45) is -4.78. The zero-order valence-corrected chi connectivity index (χ0v) is 13.8. The lowest BCUT2D eigenvalue weighted by Gasteiger charge is -2.14. The maximum Gasteiger partial charge on any atom is 0.573 e. The molecule has 0 bridgehead atoms. The normalized spacial score (nSPS) is 12.0. The second kappa shape index (κ2) is 7.78. The summed E-state index contributed by atoms with van der Waals surface area (Å²) in [5.41, 5.74) is 7.82. The highest BCUT2D eigenvalue weighted by Crippen LogP contribution is 2.29. The highest BCUT2D eigenvalue weighted by atomic mass is 19.4. The van der Waals surface area contributed by atoms with Crippen LogP contribution in [0.1, 0.15) is 5.56 Å². The summed E-state index contributed by atoms with van der Waals surface area (Å²) in [6.45, 7) is 0.300. The molecule has 0 saturated carbocycles. The third kappa shape index (κ3) is 5.91. The minimum Gasteiger partial charge on any atom is -0.404 e. The summed E-state index contributed by atoms with van der Waals surface area (Å²) >= 11 is 0. The molecule has 134 valence electrons. The Balaban J connectivity index is 2.04. The van der Waals surface area contributed by atoms with Crippen molar-refractivity contribution in [3.8, 4) is 5.75 Å². The summed E-state index contributed by atoms with van der Waals surface area (Å²) < 4.78 is 41.2. The Hall–Kier alpha value is -2.90. The molecule has 0 amide bonds. The van der Waals surface area contributed by atoms with Gasteiger partial charge in [0.15, 0.2) is 11.7 Å². The van der Waals surface area contributed by atoms with Crippen LogP contribution in [0, 0.1) is 0 Å². The van der Waals surface area contributed by atoms with Crippen LogP contribution in [0.2, 0.25) is 0 Å². The molecule has 8 heteroatoms. The molecule has 25 heavy (non-hydrogen) atoms. The summed E-state index contributed by atoms with van der Waals surface area (Å²) in [6, 6.07) is 13.3. The fourth-order valence-electron chi connectivity index (χ4n) is 2.04. The van der Waals surface area contributed by atoms with E-state index in [-0.39, 0.29) is 17.4 Å². The number of hydrogen-bond acceptors (Lipinski definition) is 3. The van der Waals surface area contributed by atoms with Crippen LogP contribution in [-0.2, 0) is 6.54 Å². The maximum absolute atomic E-state index is 12.4. The molecule has 5 nitrogen and oxygen atoms in total. The Morgan fingerprint density at radius 3 is 2.36 bits per heavy atom. The Morgan fingerprint density at radius 2 is 1.76 bits per heavy atom. The quantitative estimate of drug-likeness (QED) is 0.638. The van der Waals surface area contributed by atoms with Crippen molar-refractivity contribution in [3.05, 3.63) is 54.1 Å². The van der Waals surface area contributed by atoms with Gasteiger partial charge >= 0.3 is 6.36 Å². The van der Waals surface area contributed by atoms with Crippen molar-refractivity contribution in [3.63, 3.8) is 0 Å². The Bertz CT molecular complexity index is 727. The summed E-state index contributed by atoms with van der Waals surface area (Å²) in [4.78, 5) is 6.11. The number of nitrogens with one attached hydrogen (secondary N) is 1. The molecule has 0 fully saturated rings. The van der Waals surface area contributed by atoms with E-state index in [1.165, 1.54) is 18.2 Å². The van der Waals surface area contributed by atoms with Crippen molar-refractivity contribution in [1.82, 2.24) is 0 Å². The number of ether oxygens (including phenoxy) is 1. The first-order chi connectivity index (χ1) is 11.7. The van der Waals surface area contributed by atoms with E-state index in [2.05, 4.69) is 15.0 Å². The minimum absolute atomic E-state index is 0.00471. The molecule has 0 aliphatic carbocycles. The fraction of sp³-hybridized carbons (Fsp3) is 0.235. The SMILES string of the molecule is CN(C)c1ccc(CN=C(N)Nc2ccccc2OC(F)(F)F)cc1. The van der Waals surface area contributed by atoms with Gasteiger partial charge in [-0.25, -0.2) is 4.99 Å². The van der Waals surface area contributed by atoms with Crippen LogP contribution in [0.3, 0.4) is 0 Å². The summed E-state index contributed by atoms with van der Waals surface area (Å²) in [5, 5.41) is 2.63. The van der Waals surface area contributed by atoms with Gasteiger partial charge in [-0.15, -0.1) is 13.2 Å². The fourth-order valence-corrected chi connectivity index (χ4v) is 2.04.